The Morgan fingerprint density at radius 2 is 0.654 bits per heavy atom. The first-order valence-electron chi connectivity index (χ1n) is 34.8. The van der Waals surface area contributed by atoms with Crippen molar-refractivity contribution in [3.63, 3.8) is 0 Å². The van der Waals surface area contributed by atoms with Gasteiger partial charge in [-0.15, -0.1) is 0 Å². The zero-order valence-corrected chi connectivity index (χ0v) is 57.8. The van der Waals surface area contributed by atoms with Crippen LogP contribution in [0.1, 0.15) is 104 Å². The normalized spacial score (nSPS) is 15.6. The van der Waals surface area contributed by atoms with Crippen LogP contribution in [0.15, 0.2) is 297 Å². The van der Waals surface area contributed by atoms with Gasteiger partial charge in [-0.3, -0.25) is 9.59 Å². The molecule has 104 heavy (non-hydrogen) atoms. The van der Waals surface area contributed by atoms with E-state index in [4.69, 9.17) is 56.8 Å². The van der Waals surface area contributed by atoms with Crippen molar-refractivity contribution in [2.45, 2.75) is 103 Å². The molecule has 0 aromatic heterocycles. The largest absolute Gasteiger partial charge is 0.489 e. The van der Waals surface area contributed by atoms with Gasteiger partial charge in [0.25, 0.3) is 0 Å². The van der Waals surface area contributed by atoms with Crippen LogP contribution in [0.4, 0.5) is 0 Å². The van der Waals surface area contributed by atoms with Crippen LogP contribution in [0, 0.1) is 0 Å². The van der Waals surface area contributed by atoms with E-state index in [2.05, 4.69) is 0 Å². The Morgan fingerprint density at radius 3 is 1.04 bits per heavy atom. The number of carbonyl (C=O) groups is 2. The smallest absolute Gasteiger partial charge is 0.303 e. The van der Waals surface area contributed by atoms with Crippen LogP contribution in [0.2, 0.25) is 0 Å². The van der Waals surface area contributed by atoms with E-state index in [0.717, 1.165) is 44.5 Å². The van der Waals surface area contributed by atoms with Crippen molar-refractivity contribution in [2.24, 2.45) is 0 Å². The zero-order chi connectivity index (χ0) is 70.8. The lowest BCUT2D eigenvalue weighted by atomic mass is 9.77. The Morgan fingerprint density at radius 1 is 0.317 bits per heavy atom. The molecule has 12 aromatic rings. The Kier molecular flexibility index (Phi) is 22.0. The molecule has 2 aliphatic rings. The first-order chi connectivity index (χ1) is 51.2. The molecule has 0 fully saturated rings. The van der Waals surface area contributed by atoms with Gasteiger partial charge in [-0.05, 0) is 68.8 Å². The Labute approximate surface area is 605 Å². The SMILES string of the molecule is CC(=O)O[C@H]1[C@@H](c2c(OCc3ccccc3)cc(OCc3ccccc3)c3c2O[C@H](c2ccc(OCc4ccccc4)c(OCc4ccccc4)c2)[C@@H](OC(C)=O)C3)c2c(OCc3ccccc3)cc(OCc3ccccc3)cc2O[C@@H]1c1ccc(OCc2ccccc2)c(OCc2ccccc2)c1. The second-order valence-electron chi connectivity index (χ2n) is 25.5. The summed E-state index contributed by atoms with van der Waals surface area (Å²) in [4.78, 5) is 28.4. The van der Waals surface area contributed by atoms with E-state index >= 15 is 0 Å². The van der Waals surface area contributed by atoms with Crippen LogP contribution in [0.5, 0.6) is 57.5 Å². The Bertz CT molecular complexity index is 4800. The molecule has 0 spiro atoms. The quantitative estimate of drug-likeness (QED) is 0.0410. The summed E-state index contributed by atoms with van der Waals surface area (Å²) in [7, 11) is 0. The molecule has 522 valence electrons. The third-order valence-corrected chi connectivity index (χ3v) is 18.0. The molecule has 0 saturated heterocycles. The fourth-order valence-corrected chi connectivity index (χ4v) is 13.0. The number of rotatable bonds is 29. The minimum Gasteiger partial charge on any atom is -0.489 e. The lowest BCUT2D eigenvalue weighted by molar-refractivity contribution is -0.154. The fraction of sp³-hybridized carbons (Fsp3) is 0.178. The summed E-state index contributed by atoms with van der Waals surface area (Å²) in [6, 6.07) is 95.9. The zero-order valence-electron chi connectivity index (χ0n) is 57.8. The third-order valence-electron chi connectivity index (χ3n) is 18.0. The average Bonchev–Trinajstić information content (AvgIpc) is 0.719. The molecule has 0 bridgehead atoms. The molecule has 0 aliphatic carbocycles. The first kappa shape index (κ1) is 68.7. The van der Waals surface area contributed by atoms with E-state index in [9.17, 15) is 9.59 Å². The highest BCUT2D eigenvalue weighted by atomic mass is 16.6. The van der Waals surface area contributed by atoms with E-state index in [-0.39, 0.29) is 59.3 Å². The molecule has 0 amide bonds. The maximum absolute atomic E-state index is 14.6. The fourth-order valence-electron chi connectivity index (χ4n) is 13.0. The first-order valence-corrected chi connectivity index (χ1v) is 34.8. The van der Waals surface area contributed by atoms with Gasteiger partial charge in [-0.25, -0.2) is 0 Å². The number of carbonyl (C=O) groups excluding carboxylic acids is 2. The summed E-state index contributed by atoms with van der Waals surface area (Å²) in [6.07, 6.45) is -4.34. The molecular weight excluding hydrogens is 1300 g/mol. The van der Waals surface area contributed by atoms with Crippen LogP contribution in [0.3, 0.4) is 0 Å². The summed E-state index contributed by atoms with van der Waals surface area (Å²) in [6.45, 7) is 4.22. The number of hydrogen-bond donors (Lipinski definition) is 0. The van der Waals surface area contributed by atoms with E-state index in [0.29, 0.717) is 85.3 Å². The Hall–Kier alpha value is -12.4. The van der Waals surface area contributed by atoms with Crippen molar-refractivity contribution >= 4 is 11.9 Å². The molecule has 14 nitrogen and oxygen atoms in total. The summed E-state index contributed by atoms with van der Waals surface area (Å²) < 4.78 is 83.9. The van der Waals surface area contributed by atoms with Crippen molar-refractivity contribution in [3.8, 4) is 57.5 Å². The van der Waals surface area contributed by atoms with Gasteiger partial charge in [0.2, 0.25) is 0 Å². The lowest BCUT2D eigenvalue weighted by Gasteiger charge is -2.43. The van der Waals surface area contributed by atoms with E-state index < -0.39 is 42.3 Å². The minimum atomic E-state index is -1.26. The molecule has 0 radical (unpaired) electrons. The molecular formula is C90H78O14. The number of esters is 2. The van der Waals surface area contributed by atoms with Crippen LogP contribution in [-0.2, 0) is 78.3 Å². The van der Waals surface area contributed by atoms with Gasteiger partial charge >= 0.3 is 11.9 Å². The summed E-state index contributed by atoms with van der Waals surface area (Å²) in [5.41, 5.74) is 10.0. The van der Waals surface area contributed by atoms with E-state index in [1.165, 1.54) is 13.8 Å². The van der Waals surface area contributed by atoms with Crippen molar-refractivity contribution in [1.82, 2.24) is 0 Å². The van der Waals surface area contributed by atoms with Crippen LogP contribution >= 0.6 is 0 Å². The van der Waals surface area contributed by atoms with E-state index in [1.807, 2.05) is 297 Å². The second kappa shape index (κ2) is 33.4. The third kappa shape index (κ3) is 17.3. The highest BCUT2D eigenvalue weighted by Gasteiger charge is 2.50. The highest BCUT2D eigenvalue weighted by molar-refractivity contribution is 5.71. The number of ether oxygens (including phenoxy) is 12. The van der Waals surface area contributed by atoms with Gasteiger partial charge in [0.1, 0.15) is 93.5 Å². The van der Waals surface area contributed by atoms with Gasteiger partial charge in [-0.1, -0.05) is 255 Å². The highest BCUT2D eigenvalue weighted by Crippen LogP contribution is 2.59. The van der Waals surface area contributed by atoms with Gasteiger partial charge < -0.3 is 56.8 Å². The molecule has 2 aliphatic heterocycles. The molecule has 0 unspecified atom stereocenters. The number of hydrogen-bond acceptors (Lipinski definition) is 14. The standard InChI is InChI=1S/C90H78O14/c1-61(91)101-83-51-74-77(96-56-66-33-17-6-18-34-66)52-81(100-60-70-41-25-10-26-42-70)85(89(74)104-87(83)71-43-45-75(94-54-64-29-13-4-14-30-64)78(47-71)97-57-67-35-19-7-20-36-67)86-84-80(99-59-69-39-23-9-24-40-69)49-73(93-53-63-27-11-3-12-28-63)50-82(84)103-88(90(86)102-62(2)92)72-44-46-76(95-55-65-31-15-5-16-32-65)79(48-72)98-58-68-37-21-8-22-38-68/h3-50,52,83,86-88,90H,51,53-60H2,1-2H3/t83-,86+,87+,88+,90-/m0/s1. The van der Waals surface area contributed by atoms with Crippen molar-refractivity contribution in [2.75, 3.05) is 0 Å². The van der Waals surface area contributed by atoms with Crippen molar-refractivity contribution < 1.29 is 66.4 Å². The number of fused-ring (bicyclic) bond motifs is 2. The topological polar surface area (TPSA) is 145 Å². The summed E-state index contributed by atoms with van der Waals surface area (Å²) in [5, 5.41) is 0. The van der Waals surface area contributed by atoms with E-state index in [1.54, 1.807) is 0 Å². The molecule has 2 heterocycles. The molecule has 14 heteroatoms. The molecule has 14 rings (SSSR count). The van der Waals surface area contributed by atoms with Crippen LogP contribution < -0.4 is 47.4 Å². The monoisotopic (exact) mass is 1380 g/mol. The van der Waals surface area contributed by atoms with Gasteiger partial charge in [-0.2, -0.15) is 0 Å². The number of benzene rings is 12. The Balaban J connectivity index is 1.00. The molecule has 0 N–H and O–H groups in total. The predicted molar refractivity (Wildman–Crippen MR) is 395 cm³/mol. The van der Waals surface area contributed by atoms with Gasteiger partial charge in [0, 0.05) is 66.3 Å². The summed E-state index contributed by atoms with van der Waals surface area (Å²) in [5.74, 6) is 1.72. The molecule has 12 aromatic carbocycles. The van der Waals surface area contributed by atoms with Crippen molar-refractivity contribution in [3.05, 3.63) is 370 Å². The summed E-state index contributed by atoms with van der Waals surface area (Å²) >= 11 is 0. The molecule has 0 saturated carbocycles. The van der Waals surface area contributed by atoms with Crippen LogP contribution in [0.25, 0.3) is 0 Å². The predicted octanol–water partition coefficient (Wildman–Crippen LogP) is 19.1. The van der Waals surface area contributed by atoms with Gasteiger partial charge in [0.05, 0.1) is 5.92 Å². The average molecular weight is 1380 g/mol. The van der Waals surface area contributed by atoms with Crippen LogP contribution in [-0.4, -0.2) is 24.1 Å². The van der Waals surface area contributed by atoms with Gasteiger partial charge in [0.15, 0.2) is 41.3 Å². The van der Waals surface area contributed by atoms with Crippen molar-refractivity contribution in [1.29, 1.82) is 0 Å². The second-order valence-corrected chi connectivity index (χ2v) is 25.5. The lowest BCUT2D eigenvalue weighted by Crippen LogP contribution is -2.40. The molecule has 5 atom stereocenters. The minimum absolute atomic E-state index is 0.0655. The maximum Gasteiger partial charge on any atom is 0.303 e. The maximum atomic E-state index is 14.6.